The Morgan fingerprint density at radius 1 is 1.21 bits per heavy atom. The third-order valence-electron chi connectivity index (χ3n) is 2.06. The molecule has 0 spiro atoms. The molecule has 0 unspecified atom stereocenters. The first-order valence-electron chi connectivity index (χ1n) is 4.64. The fourth-order valence-electron chi connectivity index (χ4n) is 1.29. The van der Waals surface area contributed by atoms with Crippen molar-refractivity contribution in [2.75, 3.05) is 14.2 Å². The smallest absolute Gasteiger partial charge is 0.122 e. The van der Waals surface area contributed by atoms with Crippen LogP contribution in [0.15, 0.2) is 30.4 Å². The van der Waals surface area contributed by atoms with Gasteiger partial charge in [-0.1, -0.05) is 12.2 Å². The van der Waals surface area contributed by atoms with Crippen molar-refractivity contribution in [3.63, 3.8) is 0 Å². The van der Waals surface area contributed by atoms with E-state index in [-0.39, 0.29) is 0 Å². The van der Waals surface area contributed by atoms with Crippen molar-refractivity contribution in [3.05, 3.63) is 35.9 Å². The number of hydrogen-bond donors (Lipinski definition) is 0. The fourth-order valence-corrected chi connectivity index (χ4v) is 1.29. The third-order valence-corrected chi connectivity index (χ3v) is 2.06. The summed E-state index contributed by atoms with van der Waals surface area (Å²) in [5, 5.41) is 0. The molecular weight excluding hydrogens is 176 g/mol. The first-order valence-corrected chi connectivity index (χ1v) is 4.64. The van der Waals surface area contributed by atoms with Crippen LogP contribution in [-0.4, -0.2) is 14.2 Å². The predicted octanol–water partition coefficient (Wildman–Crippen LogP) is 2.82. The molecule has 2 heteroatoms. The summed E-state index contributed by atoms with van der Waals surface area (Å²) in [7, 11) is 3.35. The minimum absolute atomic E-state index is 0.866. The van der Waals surface area contributed by atoms with E-state index >= 15 is 0 Å². The zero-order chi connectivity index (χ0) is 10.4. The molecule has 1 aromatic carbocycles. The molecule has 14 heavy (non-hydrogen) atoms. The molecule has 0 amide bonds. The monoisotopic (exact) mass is 192 g/mol. The van der Waals surface area contributed by atoms with E-state index in [0.717, 1.165) is 23.5 Å². The van der Waals surface area contributed by atoms with Crippen LogP contribution in [-0.2, 0) is 6.42 Å². The molecule has 0 aliphatic carbocycles. The molecule has 0 saturated carbocycles. The lowest BCUT2D eigenvalue weighted by Crippen LogP contribution is -1.92. The van der Waals surface area contributed by atoms with Gasteiger partial charge in [-0.05, 0) is 31.5 Å². The van der Waals surface area contributed by atoms with E-state index in [1.165, 1.54) is 0 Å². The molecule has 0 radical (unpaired) electrons. The number of methoxy groups -OCH3 is 2. The van der Waals surface area contributed by atoms with Crippen LogP contribution in [0.4, 0.5) is 0 Å². The molecular formula is C12H16O2. The highest BCUT2D eigenvalue weighted by atomic mass is 16.5. The van der Waals surface area contributed by atoms with E-state index < -0.39 is 0 Å². The van der Waals surface area contributed by atoms with Crippen molar-refractivity contribution < 1.29 is 9.47 Å². The van der Waals surface area contributed by atoms with Gasteiger partial charge in [0.2, 0.25) is 0 Å². The Morgan fingerprint density at radius 3 is 2.57 bits per heavy atom. The van der Waals surface area contributed by atoms with Crippen LogP contribution in [0, 0.1) is 0 Å². The highest BCUT2D eigenvalue weighted by Gasteiger charge is 2.02. The van der Waals surface area contributed by atoms with Crippen LogP contribution >= 0.6 is 0 Å². The fraction of sp³-hybridized carbons (Fsp3) is 0.333. The summed E-state index contributed by atoms with van der Waals surface area (Å²) in [6, 6.07) is 5.83. The van der Waals surface area contributed by atoms with Gasteiger partial charge in [0.05, 0.1) is 14.2 Å². The molecule has 76 valence electrons. The number of allylic oxidation sites excluding steroid dienone is 2. The summed E-state index contributed by atoms with van der Waals surface area (Å²) >= 11 is 0. The number of ether oxygens (including phenoxy) is 2. The van der Waals surface area contributed by atoms with Crippen LogP contribution in [0.2, 0.25) is 0 Å². The van der Waals surface area contributed by atoms with E-state index in [2.05, 4.69) is 6.08 Å². The first-order chi connectivity index (χ1) is 6.81. The van der Waals surface area contributed by atoms with Crippen LogP contribution in [0.1, 0.15) is 12.5 Å². The van der Waals surface area contributed by atoms with E-state index in [4.69, 9.17) is 9.47 Å². The molecule has 0 atom stereocenters. The lowest BCUT2D eigenvalue weighted by molar-refractivity contribution is 0.399. The Bertz CT molecular complexity index is 316. The quantitative estimate of drug-likeness (QED) is 0.683. The van der Waals surface area contributed by atoms with E-state index in [1.54, 1.807) is 14.2 Å². The SMILES string of the molecule is C/C=C\Cc1cc(OC)ccc1OC. The molecule has 0 aliphatic heterocycles. The molecule has 0 saturated heterocycles. The highest BCUT2D eigenvalue weighted by Crippen LogP contribution is 2.24. The van der Waals surface area contributed by atoms with Crippen molar-refractivity contribution in [1.82, 2.24) is 0 Å². The van der Waals surface area contributed by atoms with Gasteiger partial charge in [0, 0.05) is 5.56 Å². The lowest BCUT2D eigenvalue weighted by atomic mass is 10.1. The third kappa shape index (κ3) is 2.52. The summed E-state index contributed by atoms with van der Waals surface area (Å²) in [5.74, 6) is 1.77. The topological polar surface area (TPSA) is 18.5 Å². The van der Waals surface area contributed by atoms with Gasteiger partial charge >= 0.3 is 0 Å². The molecule has 0 heterocycles. The van der Waals surface area contributed by atoms with Gasteiger partial charge in [0.25, 0.3) is 0 Å². The van der Waals surface area contributed by atoms with E-state index in [9.17, 15) is 0 Å². The molecule has 2 nitrogen and oxygen atoms in total. The first kappa shape index (κ1) is 10.6. The van der Waals surface area contributed by atoms with Crippen LogP contribution in [0.5, 0.6) is 11.5 Å². The minimum Gasteiger partial charge on any atom is -0.497 e. The average molecular weight is 192 g/mol. The molecule has 1 aromatic rings. The van der Waals surface area contributed by atoms with Gasteiger partial charge in [0.1, 0.15) is 11.5 Å². The zero-order valence-electron chi connectivity index (χ0n) is 8.91. The Kier molecular flexibility index (Phi) is 4.05. The number of hydrogen-bond acceptors (Lipinski definition) is 2. The van der Waals surface area contributed by atoms with Gasteiger partial charge in [-0.25, -0.2) is 0 Å². The second kappa shape index (κ2) is 5.32. The van der Waals surface area contributed by atoms with Gasteiger partial charge in [-0.2, -0.15) is 0 Å². The van der Waals surface area contributed by atoms with Crippen LogP contribution in [0.25, 0.3) is 0 Å². The molecule has 0 fully saturated rings. The molecule has 1 rings (SSSR count). The maximum Gasteiger partial charge on any atom is 0.122 e. The maximum atomic E-state index is 5.25. The van der Waals surface area contributed by atoms with Gasteiger partial charge in [-0.15, -0.1) is 0 Å². The van der Waals surface area contributed by atoms with Crippen molar-refractivity contribution in [1.29, 1.82) is 0 Å². The number of benzene rings is 1. The summed E-state index contributed by atoms with van der Waals surface area (Å²) in [6.45, 7) is 2.01. The summed E-state index contributed by atoms with van der Waals surface area (Å²) < 4.78 is 10.4. The Morgan fingerprint density at radius 2 is 2.00 bits per heavy atom. The normalized spacial score (nSPS) is 10.5. The Balaban J connectivity index is 2.95. The van der Waals surface area contributed by atoms with Crippen molar-refractivity contribution in [3.8, 4) is 11.5 Å². The van der Waals surface area contributed by atoms with Gasteiger partial charge < -0.3 is 9.47 Å². The molecule has 0 N–H and O–H groups in total. The van der Waals surface area contributed by atoms with Gasteiger partial charge in [-0.3, -0.25) is 0 Å². The Labute approximate surface area is 85.2 Å². The largest absolute Gasteiger partial charge is 0.497 e. The summed E-state index contributed by atoms with van der Waals surface area (Å²) in [4.78, 5) is 0. The van der Waals surface area contributed by atoms with E-state index in [0.29, 0.717) is 0 Å². The van der Waals surface area contributed by atoms with Crippen molar-refractivity contribution in [2.45, 2.75) is 13.3 Å². The second-order valence-corrected chi connectivity index (χ2v) is 2.95. The average Bonchev–Trinajstić information content (AvgIpc) is 2.25. The van der Waals surface area contributed by atoms with Crippen LogP contribution in [0.3, 0.4) is 0 Å². The zero-order valence-corrected chi connectivity index (χ0v) is 8.91. The van der Waals surface area contributed by atoms with E-state index in [1.807, 2.05) is 31.2 Å². The maximum absolute atomic E-state index is 5.25. The highest BCUT2D eigenvalue weighted by molar-refractivity contribution is 5.41. The van der Waals surface area contributed by atoms with Gasteiger partial charge in [0.15, 0.2) is 0 Å². The number of rotatable bonds is 4. The summed E-state index contributed by atoms with van der Waals surface area (Å²) in [5.41, 5.74) is 1.14. The molecule has 0 bridgehead atoms. The Hall–Kier alpha value is -1.44. The predicted molar refractivity (Wildman–Crippen MR) is 58.1 cm³/mol. The standard InChI is InChI=1S/C12H16O2/c1-4-5-6-10-9-11(13-2)7-8-12(10)14-3/h4-5,7-9H,6H2,1-3H3/b5-4-. The lowest BCUT2D eigenvalue weighted by Gasteiger charge is -2.08. The minimum atomic E-state index is 0.866. The van der Waals surface area contributed by atoms with Crippen molar-refractivity contribution >= 4 is 0 Å². The van der Waals surface area contributed by atoms with Crippen LogP contribution < -0.4 is 9.47 Å². The molecule has 0 aromatic heterocycles. The summed E-state index contributed by atoms with van der Waals surface area (Å²) in [6.07, 6.45) is 4.99. The van der Waals surface area contributed by atoms with Crippen molar-refractivity contribution in [2.24, 2.45) is 0 Å². The second-order valence-electron chi connectivity index (χ2n) is 2.95. The molecule has 0 aliphatic rings.